The van der Waals surface area contributed by atoms with Gasteiger partial charge in [-0.05, 0) is 26.7 Å². The highest BCUT2D eigenvalue weighted by Gasteiger charge is 2.28. The van der Waals surface area contributed by atoms with Gasteiger partial charge in [-0.3, -0.25) is 14.6 Å². The Morgan fingerprint density at radius 1 is 1.04 bits per heavy atom. The lowest BCUT2D eigenvalue weighted by Gasteiger charge is -2.37. The molecule has 0 aromatic carbocycles. The average Bonchev–Trinajstić information content (AvgIpc) is 2.92. The van der Waals surface area contributed by atoms with Gasteiger partial charge in [0.05, 0.1) is 0 Å². The Hall–Kier alpha value is 0.280. The van der Waals surface area contributed by atoms with E-state index in [4.69, 9.17) is 0 Å². The number of piperazine rings is 1. The highest BCUT2D eigenvalue weighted by molar-refractivity contribution is 7.99. The summed E-state index contributed by atoms with van der Waals surface area (Å²) >= 11 is 1.96. The summed E-state index contributed by atoms with van der Waals surface area (Å²) in [7, 11) is 0. The van der Waals surface area contributed by atoms with Gasteiger partial charge in [-0.25, -0.2) is 0 Å². The lowest BCUT2D eigenvalue weighted by molar-refractivity contribution is -0.133. The maximum Gasteiger partial charge on any atom is 0.224 e. The highest BCUT2D eigenvalue weighted by Crippen LogP contribution is 2.23. The fourth-order valence-corrected chi connectivity index (χ4v) is 5.21. The quantitative estimate of drug-likeness (QED) is 0.726. The molecule has 0 aliphatic carbocycles. The minimum atomic E-state index is 0. The summed E-state index contributed by atoms with van der Waals surface area (Å²) in [5.74, 6) is 2.60. The number of hydrogen-bond acceptors (Lipinski definition) is 5. The normalized spacial score (nSPS) is 30.5. The lowest BCUT2D eigenvalue weighted by atomic mass is 10.2. The summed E-state index contributed by atoms with van der Waals surface area (Å²) in [6, 6.07) is 1.86. The van der Waals surface area contributed by atoms with Crippen molar-refractivity contribution in [3.63, 3.8) is 0 Å². The third kappa shape index (κ3) is 6.71. The van der Waals surface area contributed by atoms with Crippen molar-refractivity contribution in [2.45, 2.75) is 51.2 Å². The van der Waals surface area contributed by atoms with E-state index in [1.807, 2.05) is 11.8 Å². The van der Waals surface area contributed by atoms with Crippen molar-refractivity contribution in [2.24, 2.45) is 0 Å². The Balaban J connectivity index is 0.00000169. The molecule has 3 aliphatic rings. The zero-order valence-corrected chi connectivity index (χ0v) is 18.6. The second kappa shape index (κ2) is 12.0. The van der Waals surface area contributed by atoms with Crippen molar-refractivity contribution in [3.8, 4) is 0 Å². The topological polar surface area (TPSA) is 38.8 Å². The molecule has 3 aliphatic heterocycles. The molecule has 0 spiro atoms. The Morgan fingerprint density at radius 3 is 2.27 bits per heavy atom. The molecule has 3 fully saturated rings. The van der Waals surface area contributed by atoms with Crippen molar-refractivity contribution < 1.29 is 4.79 Å². The number of carbonyl (C=O) groups excluding carboxylic acids is 1. The number of nitrogens with one attached hydrogen (secondary N) is 1. The number of nitrogens with zero attached hydrogens (tertiary/aromatic N) is 3. The number of thioether (sulfide) groups is 1. The van der Waals surface area contributed by atoms with Crippen LogP contribution in [0.1, 0.15) is 33.1 Å². The third-order valence-corrected chi connectivity index (χ3v) is 7.08. The largest absolute Gasteiger partial charge is 0.340 e. The van der Waals surface area contributed by atoms with Crippen molar-refractivity contribution in [1.29, 1.82) is 0 Å². The molecule has 0 aromatic heterocycles. The first-order chi connectivity index (χ1) is 11.6. The van der Waals surface area contributed by atoms with Crippen LogP contribution in [0, 0.1) is 0 Å². The standard InChI is InChI=1S/C18H34N4OS.2ClH/c1-15-3-4-16(2)22(15)11-8-20-6-9-21(10-7-20)18(23)13-17-14-24-12-5-19-17;;/h15-17,19H,3-14H2,1-2H3;2*1H. The Morgan fingerprint density at radius 2 is 1.69 bits per heavy atom. The first-order valence-electron chi connectivity index (χ1n) is 9.70. The molecule has 0 saturated carbocycles. The zero-order valence-electron chi connectivity index (χ0n) is 16.2. The first-order valence-corrected chi connectivity index (χ1v) is 10.9. The predicted molar refractivity (Wildman–Crippen MR) is 116 cm³/mol. The van der Waals surface area contributed by atoms with E-state index in [-0.39, 0.29) is 24.8 Å². The molecule has 1 amide bonds. The molecule has 154 valence electrons. The Kier molecular flexibility index (Phi) is 11.2. The van der Waals surface area contributed by atoms with E-state index < -0.39 is 0 Å². The summed E-state index contributed by atoms with van der Waals surface area (Å²) in [5, 5.41) is 3.47. The van der Waals surface area contributed by atoms with Crippen molar-refractivity contribution in [1.82, 2.24) is 20.0 Å². The van der Waals surface area contributed by atoms with Gasteiger partial charge in [0.2, 0.25) is 5.91 Å². The molecule has 0 aromatic rings. The van der Waals surface area contributed by atoms with Crippen LogP contribution in [0.5, 0.6) is 0 Å². The van der Waals surface area contributed by atoms with E-state index in [9.17, 15) is 4.79 Å². The van der Waals surface area contributed by atoms with Crippen LogP contribution in [0.4, 0.5) is 0 Å². The van der Waals surface area contributed by atoms with Crippen molar-refractivity contribution in [2.75, 3.05) is 57.3 Å². The number of amides is 1. The fraction of sp³-hybridized carbons (Fsp3) is 0.944. The predicted octanol–water partition coefficient (Wildman–Crippen LogP) is 1.94. The van der Waals surface area contributed by atoms with E-state index in [1.54, 1.807) is 0 Å². The van der Waals surface area contributed by atoms with E-state index in [0.29, 0.717) is 18.4 Å². The van der Waals surface area contributed by atoms with Gasteiger partial charge in [-0.15, -0.1) is 24.8 Å². The molecular formula is C18H36Cl2N4OS. The lowest BCUT2D eigenvalue weighted by Crippen LogP contribution is -2.52. The van der Waals surface area contributed by atoms with Crippen molar-refractivity contribution in [3.05, 3.63) is 0 Å². The summed E-state index contributed by atoms with van der Waals surface area (Å²) in [6.45, 7) is 12.0. The van der Waals surface area contributed by atoms with Gasteiger partial charge >= 0.3 is 0 Å². The molecule has 8 heteroatoms. The van der Waals surface area contributed by atoms with Crippen molar-refractivity contribution >= 4 is 42.5 Å². The molecule has 3 saturated heterocycles. The van der Waals surface area contributed by atoms with Crippen LogP contribution in [-0.2, 0) is 4.79 Å². The maximum atomic E-state index is 12.5. The van der Waals surface area contributed by atoms with Crippen LogP contribution in [0.3, 0.4) is 0 Å². The minimum Gasteiger partial charge on any atom is -0.340 e. The minimum absolute atomic E-state index is 0. The van der Waals surface area contributed by atoms with Crippen LogP contribution < -0.4 is 5.32 Å². The van der Waals surface area contributed by atoms with Gasteiger partial charge in [0.15, 0.2) is 0 Å². The Bertz CT molecular complexity index is 408. The van der Waals surface area contributed by atoms with Crippen LogP contribution in [-0.4, -0.2) is 96.1 Å². The number of halogens is 2. The SMILES string of the molecule is CC1CCC(C)N1CCN1CCN(C(=O)CC2CSCCN2)CC1.Cl.Cl. The zero-order chi connectivity index (χ0) is 16.9. The van der Waals surface area contributed by atoms with E-state index in [0.717, 1.165) is 57.1 Å². The van der Waals surface area contributed by atoms with Crippen LogP contribution in [0.2, 0.25) is 0 Å². The van der Waals surface area contributed by atoms with E-state index in [1.165, 1.54) is 25.1 Å². The third-order valence-electron chi connectivity index (χ3n) is 5.95. The summed E-state index contributed by atoms with van der Waals surface area (Å²) in [4.78, 5) is 19.8. The summed E-state index contributed by atoms with van der Waals surface area (Å²) in [5.41, 5.74) is 0. The average molecular weight is 427 g/mol. The summed E-state index contributed by atoms with van der Waals surface area (Å²) in [6.07, 6.45) is 3.36. The monoisotopic (exact) mass is 426 g/mol. The van der Waals surface area contributed by atoms with Crippen LogP contribution in [0.25, 0.3) is 0 Å². The van der Waals surface area contributed by atoms with Crippen LogP contribution >= 0.6 is 36.6 Å². The molecule has 3 rings (SSSR count). The van der Waals surface area contributed by atoms with Gasteiger partial charge in [-0.2, -0.15) is 11.8 Å². The second-order valence-corrected chi connectivity index (χ2v) is 8.82. The molecule has 5 nitrogen and oxygen atoms in total. The van der Waals surface area contributed by atoms with Gasteiger partial charge in [0.1, 0.15) is 0 Å². The molecule has 1 N–H and O–H groups in total. The van der Waals surface area contributed by atoms with Gasteiger partial charge in [-0.1, -0.05) is 0 Å². The second-order valence-electron chi connectivity index (χ2n) is 7.67. The number of carbonyl (C=O) groups is 1. The number of rotatable bonds is 5. The van der Waals surface area contributed by atoms with Gasteiger partial charge in [0.25, 0.3) is 0 Å². The number of hydrogen-bond donors (Lipinski definition) is 1. The molecular weight excluding hydrogens is 391 g/mol. The Labute approximate surface area is 175 Å². The van der Waals surface area contributed by atoms with Gasteiger partial charge < -0.3 is 10.2 Å². The molecule has 3 heterocycles. The van der Waals surface area contributed by atoms with Crippen LogP contribution in [0.15, 0.2) is 0 Å². The molecule has 0 bridgehead atoms. The molecule has 3 atom stereocenters. The first kappa shape index (κ1) is 24.3. The molecule has 3 unspecified atom stereocenters. The fourth-order valence-electron chi connectivity index (χ4n) is 4.26. The van der Waals surface area contributed by atoms with Gasteiger partial charge in [0, 0.05) is 81.9 Å². The maximum absolute atomic E-state index is 12.5. The van der Waals surface area contributed by atoms with E-state index in [2.05, 4.69) is 33.9 Å². The highest BCUT2D eigenvalue weighted by atomic mass is 35.5. The number of likely N-dealkylation sites (tertiary alicyclic amines) is 1. The molecule has 0 radical (unpaired) electrons. The van der Waals surface area contributed by atoms with E-state index >= 15 is 0 Å². The molecule has 26 heavy (non-hydrogen) atoms. The summed E-state index contributed by atoms with van der Waals surface area (Å²) < 4.78 is 0. The smallest absolute Gasteiger partial charge is 0.224 e.